The summed E-state index contributed by atoms with van der Waals surface area (Å²) < 4.78 is 5.08. The van der Waals surface area contributed by atoms with Crippen molar-refractivity contribution in [2.24, 2.45) is 11.5 Å². The molecule has 0 aliphatic rings. The molecule has 1 rings (SSSR count). The van der Waals surface area contributed by atoms with Crippen molar-refractivity contribution < 1.29 is 14.3 Å². The largest absolute Gasteiger partial charge is 0.496 e. The lowest BCUT2D eigenvalue weighted by Crippen LogP contribution is -2.44. The number of hydrogen-bond acceptors (Lipinski definition) is 5. The van der Waals surface area contributed by atoms with Gasteiger partial charge in [-0.2, -0.15) is 0 Å². The normalized spacial score (nSPS) is 12.0. The highest BCUT2D eigenvalue weighted by atomic mass is 16.5. The van der Waals surface area contributed by atoms with Crippen LogP contribution in [0.5, 0.6) is 5.75 Å². The monoisotopic (exact) mass is 322 g/mol. The number of primary amides is 1. The first kappa shape index (κ1) is 18.9. The molecule has 128 valence electrons. The number of methoxy groups -OCH3 is 1. The first-order chi connectivity index (χ1) is 10.9. The van der Waals surface area contributed by atoms with E-state index < -0.39 is 5.91 Å². The summed E-state index contributed by atoms with van der Waals surface area (Å²) in [6.07, 6.45) is 1.38. The van der Waals surface area contributed by atoms with Crippen LogP contribution >= 0.6 is 0 Å². The van der Waals surface area contributed by atoms with Crippen LogP contribution in [0, 0.1) is 0 Å². The molecular weight excluding hydrogens is 296 g/mol. The van der Waals surface area contributed by atoms with Crippen LogP contribution in [0.3, 0.4) is 0 Å². The summed E-state index contributed by atoms with van der Waals surface area (Å²) in [5.74, 6) is -0.416. The molecule has 1 aromatic rings. The predicted molar refractivity (Wildman–Crippen MR) is 90.5 cm³/mol. The van der Waals surface area contributed by atoms with Gasteiger partial charge < -0.3 is 26.8 Å². The number of ether oxygens (including phenoxy) is 1. The molecule has 1 aromatic carbocycles. The van der Waals surface area contributed by atoms with Crippen molar-refractivity contribution in [2.45, 2.75) is 38.8 Å². The van der Waals surface area contributed by atoms with Crippen molar-refractivity contribution in [3.8, 4) is 5.75 Å². The smallest absolute Gasteiger partial charge is 0.252 e. The van der Waals surface area contributed by atoms with Crippen LogP contribution < -0.4 is 26.8 Å². The Labute approximate surface area is 136 Å². The first-order valence-electron chi connectivity index (χ1n) is 7.63. The molecule has 7 nitrogen and oxygen atoms in total. The third-order valence-electron chi connectivity index (χ3n) is 3.28. The van der Waals surface area contributed by atoms with Crippen molar-refractivity contribution in [3.63, 3.8) is 0 Å². The van der Waals surface area contributed by atoms with Gasteiger partial charge in [0, 0.05) is 11.7 Å². The maximum Gasteiger partial charge on any atom is 0.252 e. The van der Waals surface area contributed by atoms with E-state index in [-0.39, 0.29) is 23.6 Å². The molecule has 7 heteroatoms. The van der Waals surface area contributed by atoms with Crippen LogP contribution in [0.2, 0.25) is 0 Å². The van der Waals surface area contributed by atoms with Gasteiger partial charge in [-0.15, -0.1) is 0 Å². The quantitative estimate of drug-likeness (QED) is 0.537. The Bertz CT molecular complexity index is 546. The number of carbonyl (C=O) groups is 2. The third-order valence-corrected chi connectivity index (χ3v) is 3.28. The first-order valence-corrected chi connectivity index (χ1v) is 7.63. The molecule has 0 heterocycles. The summed E-state index contributed by atoms with van der Waals surface area (Å²) in [6.45, 7) is 4.47. The second kappa shape index (κ2) is 9.12. The summed E-state index contributed by atoms with van der Waals surface area (Å²) in [7, 11) is 1.45. The molecular formula is C16H26N4O3. The van der Waals surface area contributed by atoms with Crippen molar-refractivity contribution >= 4 is 17.5 Å². The van der Waals surface area contributed by atoms with E-state index in [4.69, 9.17) is 16.2 Å². The van der Waals surface area contributed by atoms with Crippen LogP contribution in [0.1, 0.15) is 37.0 Å². The van der Waals surface area contributed by atoms with Gasteiger partial charge in [-0.05, 0) is 37.6 Å². The standard InChI is InChI=1S/C16H26N4O3/c1-10(2)19-13(5-4-8-17)16(22)20-11-6-7-14(23-3)12(9-11)15(18)21/h6-7,9-10,13,19H,4-5,8,17H2,1-3H3,(H2,18,21)(H,20,22)/t13-/m0/s1. The average molecular weight is 322 g/mol. The number of rotatable bonds is 9. The van der Waals surface area contributed by atoms with Gasteiger partial charge in [0.1, 0.15) is 5.75 Å². The number of amides is 2. The lowest BCUT2D eigenvalue weighted by molar-refractivity contribution is -0.118. The maximum atomic E-state index is 12.4. The van der Waals surface area contributed by atoms with Gasteiger partial charge in [0.2, 0.25) is 5.91 Å². The Hall–Kier alpha value is -2.12. The summed E-state index contributed by atoms with van der Waals surface area (Å²) in [5, 5.41) is 6.01. The van der Waals surface area contributed by atoms with Gasteiger partial charge in [0.15, 0.2) is 0 Å². The molecule has 0 aliphatic carbocycles. The Morgan fingerprint density at radius 2 is 2.00 bits per heavy atom. The molecule has 0 saturated heterocycles. The van der Waals surface area contributed by atoms with E-state index in [2.05, 4.69) is 10.6 Å². The molecule has 23 heavy (non-hydrogen) atoms. The molecule has 6 N–H and O–H groups in total. The fourth-order valence-corrected chi connectivity index (χ4v) is 2.22. The van der Waals surface area contributed by atoms with Crippen molar-refractivity contribution in [1.29, 1.82) is 0 Å². The van der Waals surface area contributed by atoms with Gasteiger partial charge in [0.05, 0.1) is 18.7 Å². The van der Waals surface area contributed by atoms with Crippen LogP contribution in [0.4, 0.5) is 5.69 Å². The fourth-order valence-electron chi connectivity index (χ4n) is 2.22. The van der Waals surface area contributed by atoms with Gasteiger partial charge in [-0.3, -0.25) is 9.59 Å². The van der Waals surface area contributed by atoms with Crippen molar-refractivity contribution in [3.05, 3.63) is 23.8 Å². The average Bonchev–Trinajstić information content (AvgIpc) is 2.50. The number of benzene rings is 1. The third kappa shape index (κ3) is 5.88. The van der Waals surface area contributed by atoms with E-state index in [9.17, 15) is 9.59 Å². The Kier molecular flexibility index (Phi) is 7.50. The summed E-state index contributed by atoms with van der Waals surface area (Å²) in [5.41, 5.74) is 11.6. The zero-order chi connectivity index (χ0) is 17.4. The van der Waals surface area contributed by atoms with E-state index in [1.54, 1.807) is 12.1 Å². The molecule has 0 aliphatic heterocycles. The van der Waals surface area contributed by atoms with Gasteiger partial charge >= 0.3 is 0 Å². The summed E-state index contributed by atoms with van der Waals surface area (Å²) >= 11 is 0. The van der Waals surface area contributed by atoms with Crippen LogP contribution in [0.25, 0.3) is 0 Å². The second-order valence-electron chi connectivity index (χ2n) is 5.57. The maximum absolute atomic E-state index is 12.4. The molecule has 0 aromatic heterocycles. The molecule has 0 unspecified atom stereocenters. The predicted octanol–water partition coefficient (Wildman–Crippen LogP) is 0.838. The van der Waals surface area contributed by atoms with Crippen molar-refractivity contribution in [1.82, 2.24) is 5.32 Å². The van der Waals surface area contributed by atoms with E-state index in [1.165, 1.54) is 13.2 Å². The highest BCUT2D eigenvalue weighted by molar-refractivity contribution is 5.99. The minimum Gasteiger partial charge on any atom is -0.496 e. The van der Waals surface area contributed by atoms with Crippen LogP contribution in [-0.4, -0.2) is 37.6 Å². The number of nitrogens with one attached hydrogen (secondary N) is 2. The number of anilines is 1. The number of hydrogen-bond donors (Lipinski definition) is 4. The van der Waals surface area contributed by atoms with Crippen LogP contribution in [0.15, 0.2) is 18.2 Å². The fraction of sp³-hybridized carbons (Fsp3) is 0.500. The Morgan fingerprint density at radius 3 is 2.52 bits per heavy atom. The van der Waals surface area contributed by atoms with Gasteiger partial charge in [-0.25, -0.2) is 0 Å². The zero-order valence-electron chi connectivity index (χ0n) is 13.9. The van der Waals surface area contributed by atoms with Gasteiger partial charge in [-0.1, -0.05) is 13.8 Å². The second-order valence-corrected chi connectivity index (χ2v) is 5.57. The van der Waals surface area contributed by atoms with Crippen LogP contribution in [-0.2, 0) is 4.79 Å². The topological polar surface area (TPSA) is 119 Å². The molecule has 0 saturated carbocycles. The molecule has 0 spiro atoms. The molecule has 1 atom stereocenters. The molecule has 2 amide bonds. The minimum absolute atomic E-state index is 0.167. The Morgan fingerprint density at radius 1 is 1.30 bits per heavy atom. The van der Waals surface area contributed by atoms with E-state index in [1.807, 2.05) is 13.8 Å². The highest BCUT2D eigenvalue weighted by Crippen LogP contribution is 2.22. The van der Waals surface area contributed by atoms with E-state index >= 15 is 0 Å². The lowest BCUT2D eigenvalue weighted by atomic mass is 10.1. The minimum atomic E-state index is -0.613. The van der Waals surface area contributed by atoms with E-state index in [0.717, 1.165) is 6.42 Å². The summed E-state index contributed by atoms with van der Waals surface area (Å²) in [4.78, 5) is 23.9. The molecule has 0 bridgehead atoms. The van der Waals surface area contributed by atoms with Crippen molar-refractivity contribution in [2.75, 3.05) is 19.0 Å². The molecule has 0 radical (unpaired) electrons. The van der Waals surface area contributed by atoms with E-state index in [0.29, 0.717) is 24.4 Å². The number of carbonyl (C=O) groups excluding carboxylic acids is 2. The number of nitrogens with two attached hydrogens (primary N) is 2. The lowest BCUT2D eigenvalue weighted by Gasteiger charge is -2.21. The molecule has 0 fully saturated rings. The zero-order valence-corrected chi connectivity index (χ0v) is 13.9. The summed E-state index contributed by atoms with van der Waals surface area (Å²) in [6, 6.07) is 4.59. The SMILES string of the molecule is COc1ccc(NC(=O)[C@H](CCCN)NC(C)C)cc1C(N)=O. The van der Waals surface area contributed by atoms with Gasteiger partial charge in [0.25, 0.3) is 5.91 Å². The highest BCUT2D eigenvalue weighted by Gasteiger charge is 2.19. The Balaban J connectivity index is 2.88.